The van der Waals surface area contributed by atoms with Gasteiger partial charge in [-0.2, -0.15) is 0 Å². The number of ether oxygens (including phenoxy) is 4. The maximum atomic E-state index is 11.1. The highest BCUT2D eigenvalue weighted by Gasteiger charge is 2.38. The zero-order valence-corrected chi connectivity index (χ0v) is 23.8. The number of methoxy groups -OCH3 is 3. The first-order valence-electron chi connectivity index (χ1n) is 10.8. The van der Waals surface area contributed by atoms with Gasteiger partial charge in [0.05, 0.1) is 46.2 Å². The second-order valence-corrected chi connectivity index (χ2v) is 12.2. The smallest absolute Gasteiger partial charge is 0.462 e. The Balaban J connectivity index is 0. The molecule has 13 heteroatoms. The van der Waals surface area contributed by atoms with Crippen LogP contribution in [0.2, 0.25) is 6.04 Å². The summed E-state index contributed by atoms with van der Waals surface area (Å²) < 4.78 is 52.4. The van der Waals surface area contributed by atoms with Gasteiger partial charge in [0.1, 0.15) is 0 Å². The Labute approximate surface area is 206 Å². The molecule has 0 radical (unpaired) electrons. The van der Waals surface area contributed by atoms with E-state index >= 15 is 0 Å². The van der Waals surface area contributed by atoms with Crippen LogP contribution in [0.5, 0.6) is 0 Å². The Hall–Kier alpha value is -0.976. The SMILES string of the molecule is C=C(C)C(=O)OCCC[Si](OC)(OC)OC.C=C[Si](OCCOC)(OCCOC)OCCOC. The van der Waals surface area contributed by atoms with Crippen LogP contribution in [0.25, 0.3) is 0 Å². The third-order valence-corrected chi connectivity index (χ3v) is 9.32. The molecule has 0 aliphatic rings. The fourth-order valence-corrected chi connectivity index (χ4v) is 5.63. The summed E-state index contributed by atoms with van der Waals surface area (Å²) in [5, 5.41) is 0. The predicted molar refractivity (Wildman–Crippen MR) is 131 cm³/mol. The monoisotopic (exact) mass is 528 g/mol. The summed E-state index contributed by atoms with van der Waals surface area (Å²) in [5.74, 6) is -0.375. The maximum absolute atomic E-state index is 11.1. The summed E-state index contributed by atoms with van der Waals surface area (Å²) in [6.45, 7) is 11.8. The van der Waals surface area contributed by atoms with Gasteiger partial charge in [0.15, 0.2) is 0 Å². The summed E-state index contributed by atoms with van der Waals surface area (Å²) in [6, 6.07) is 0.611. The van der Waals surface area contributed by atoms with Crippen LogP contribution < -0.4 is 0 Å². The molecule has 0 unspecified atom stereocenters. The van der Waals surface area contributed by atoms with Crippen LogP contribution in [0.3, 0.4) is 0 Å². The molecule has 0 N–H and O–H groups in total. The Morgan fingerprint density at radius 3 is 1.44 bits per heavy atom. The van der Waals surface area contributed by atoms with Gasteiger partial charge in [-0.25, -0.2) is 4.79 Å². The minimum absolute atomic E-state index is 0.316. The number of esters is 1. The van der Waals surface area contributed by atoms with Crippen LogP contribution >= 0.6 is 0 Å². The van der Waals surface area contributed by atoms with Crippen molar-refractivity contribution in [3.05, 3.63) is 24.4 Å². The summed E-state index contributed by atoms with van der Waals surface area (Å²) in [5.41, 5.74) is 2.00. The van der Waals surface area contributed by atoms with Gasteiger partial charge in [0, 0.05) is 54.3 Å². The minimum Gasteiger partial charge on any atom is -0.462 e. The zero-order chi connectivity index (χ0) is 26.3. The van der Waals surface area contributed by atoms with Crippen molar-refractivity contribution >= 4 is 23.6 Å². The summed E-state index contributed by atoms with van der Waals surface area (Å²) >= 11 is 0. The number of carbonyl (C=O) groups excluding carboxylic acids is 1. The number of rotatable bonds is 21. The van der Waals surface area contributed by atoms with Crippen LogP contribution in [-0.4, -0.2) is 112 Å². The average molecular weight is 529 g/mol. The quantitative estimate of drug-likeness (QED) is 0.0944. The van der Waals surface area contributed by atoms with E-state index in [4.69, 9.17) is 45.5 Å². The lowest BCUT2D eigenvalue weighted by Crippen LogP contribution is -2.46. The molecule has 11 nitrogen and oxygen atoms in total. The van der Waals surface area contributed by atoms with E-state index in [0.717, 1.165) is 0 Å². The third-order valence-electron chi connectivity index (χ3n) is 4.16. The number of hydrogen-bond donors (Lipinski definition) is 0. The normalized spacial score (nSPS) is 11.5. The van der Waals surface area contributed by atoms with Crippen LogP contribution in [0.1, 0.15) is 13.3 Å². The molecular formula is C21H44O11Si2. The molecule has 0 atom stereocenters. The molecule has 0 heterocycles. The second kappa shape index (κ2) is 22.5. The van der Waals surface area contributed by atoms with Crippen LogP contribution in [0.15, 0.2) is 24.4 Å². The van der Waals surface area contributed by atoms with E-state index in [0.29, 0.717) is 64.3 Å². The van der Waals surface area contributed by atoms with Crippen molar-refractivity contribution < 1.29 is 50.3 Å². The van der Waals surface area contributed by atoms with Gasteiger partial charge < -0.3 is 45.5 Å². The van der Waals surface area contributed by atoms with Crippen LogP contribution in [0.4, 0.5) is 0 Å². The summed E-state index contributed by atoms with van der Waals surface area (Å²) in [6.07, 6.45) is 0.640. The first-order chi connectivity index (χ1) is 16.3. The first kappa shape index (κ1) is 35.2. The van der Waals surface area contributed by atoms with E-state index in [9.17, 15) is 4.79 Å². The molecule has 34 heavy (non-hydrogen) atoms. The molecule has 202 valence electrons. The molecule has 0 aromatic rings. The van der Waals surface area contributed by atoms with Crippen molar-refractivity contribution in [1.82, 2.24) is 0 Å². The maximum Gasteiger partial charge on any atom is 0.529 e. The molecule has 0 spiro atoms. The molecular weight excluding hydrogens is 484 g/mol. The Kier molecular flexibility index (Phi) is 23.3. The summed E-state index contributed by atoms with van der Waals surface area (Å²) in [7, 11) is 4.10. The van der Waals surface area contributed by atoms with Gasteiger partial charge in [0.2, 0.25) is 0 Å². The van der Waals surface area contributed by atoms with E-state index in [2.05, 4.69) is 13.2 Å². The highest BCUT2D eigenvalue weighted by molar-refractivity contribution is 6.66. The Bertz CT molecular complexity index is 496. The highest BCUT2D eigenvalue weighted by atomic mass is 28.4. The van der Waals surface area contributed by atoms with Crippen molar-refractivity contribution in [2.75, 3.05) is 88.9 Å². The average Bonchev–Trinajstić information content (AvgIpc) is 2.85. The summed E-state index contributed by atoms with van der Waals surface area (Å²) in [4.78, 5) is 11.1. The minimum atomic E-state index is -2.86. The lowest BCUT2D eigenvalue weighted by atomic mass is 10.4. The number of hydrogen-bond acceptors (Lipinski definition) is 11. The Morgan fingerprint density at radius 2 is 1.15 bits per heavy atom. The van der Waals surface area contributed by atoms with Crippen molar-refractivity contribution in [2.45, 2.75) is 19.4 Å². The fraction of sp³-hybridized carbons (Fsp3) is 0.762. The molecule has 0 aromatic carbocycles. The van der Waals surface area contributed by atoms with E-state index in [-0.39, 0.29) is 5.97 Å². The van der Waals surface area contributed by atoms with Crippen molar-refractivity contribution in [2.24, 2.45) is 0 Å². The van der Waals surface area contributed by atoms with Crippen LogP contribution in [-0.2, 0) is 50.3 Å². The van der Waals surface area contributed by atoms with Crippen molar-refractivity contribution in [3.63, 3.8) is 0 Å². The molecule has 0 aromatic heterocycles. The predicted octanol–water partition coefficient (Wildman–Crippen LogP) is 2.01. The van der Waals surface area contributed by atoms with Gasteiger partial charge in [-0.15, -0.1) is 0 Å². The topological polar surface area (TPSA) is 109 Å². The molecule has 0 saturated heterocycles. The highest BCUT2D eigenvalue weighted by Crippen LogP contribution is 2.15. The lowest BCUT2D eigenvalue weighted by Gasteiger charge is -2.26. The molecule has 0 fully saturated rings. The van der Waals surface area contributed by atoms with Crippen LogP contribution in [0, 0.1) is 0 Å². The van der Waals surface area contributed by atoms with Gasteiger partial charge >= 0.3 is 23.6 Å². The van der Waals surface area contributed by atoms with Crippen molar-refractivity contribution in [1.29, 1.82) is 0 Å². The van der Waals surface area contributed by atoms with Gasteiger partial charge in [-0.1, -0.05) is 13.2 Å². The fourth-order valence-electron chi connectivity index (χ4n) is 2.24. The first-order valence-corrected chi connectivity index (χ1v) is 14.5. The van der Waals surface area contributed by atoms with E-state index in [1.807, 2.05) is 0 Å². The zero-order valence-electron chi connectivity index (χ0n) is 21.8. The third kappa shape index (κ3) is 16.6. The standard InChI is InChI=1S/C11H24O6Si.C10H20O5Si/c1-5-18(15-9-6-12-2,16-10-7-13-3)17-11-8-14-4;1-9(2)10(11)15-7-6-8-16(12-3,13-4)14-5/h5H,1,6-11H2,2-4H3;1,6-8H2,2-5H3. The van der Waals surface area contributed by atoms with Gasteiger partial charge in [-0.05, 0) is 19.0 Å². The van der Waals surface area contributed by atoms with E-state index < -0.39 is 17.6 Å². The molecule has 0 bridgehead atoms. The van der Waals surface area contributed by atoms with Gasteiger partial charge in [0.25, 0.3) is 0 Å². The molecule has 0 aliphatic carbocycles. The lowest BCUT2D eigenvalue weighted by molar-refractivity contribution is -0.139. The second-order valence-electron chi connectivity index (χ2n) is 6.65. The van der Waals surface area contributed by atoms with Gasteiger partial charge in [-0.3, -0.25) is 0 Å². The molecule has 0 aliphatic heterocycles. The van der Waals surface area contributed by atoms with E-state index in [1.54, 1.807) is 55.3 Å². The van der Waals surface area contributed by atoms with Crippen molar-refractivity contribution in [3.8, 4) is 0 Å². The largest absolute Gasteiger partial charge is 0.529 e. The molecule has 0 amide bonds. The van der Waals surface area contributed by atoms with E-state index in [1.165, 1.54) is 0 Å². The molecule has 0 saturated carbocycles. The number of carbonyl (C=O) groups is 1. The Morgan fingerprint density at radius 1 is 0.735 bits per heavy atom. The molecule has 0 rings (SSSR count).